The van der Waals surface area contributed by atoms with Crippen LogP contribution in [0.2, 0.25) is 5.02 Å². The molecular formula is C19H24ClN3O2. The van der Waals surface area contributed by atoms with Crippen molar-refractivity contribution in [3.05, 3.63) is 59.4 Å². The number of nitrogens with zero attached hydrogens (tertiary/aromatic N) is 2. The van der Waals surface area contributed by atoms with Crippen LogP contribution in [0.5, 0.6) is 5.75 Å². The van der Waals surface area contributed by atoms with Gasteiger partial charge in [-0.15, -0.1) is 0 Å². The molecule has 0 bridgehead atoms. The van der Waals surface area contributed by atoms with Gasteiger partial charge in [0.05, 0.1) is 11.6 Å². The molecule has 25 heavy (non-hydrogen) atoms. The van der Waals surface area contributed by atoms with Crippen LogP contribution in [0.1, 0.15) is 18.9 Å². The minimum Gasteiger partial charge on any atom is -0.492 e. The van der Waals surface area contributed by atoms with Crippen LogP contribution in [0, 0.1) is 0 Å². The molecule has 2 rings (SSSR count). The predicted molar refractivity (Wildman–Crippen MR) is 100 cm³/mol. The largest absolute Gasteiger partial charge is 0.492 e. The standard InChI is InChI=1S/C19H24ClN3O2/c1-2-23(14-10-16-8-12-21-13-9-16)19(24)22-11-5-15-25-18-7-4-3-6-17(18)20/h3-4,6-9,12-13H,2,5,10-11,14-15H2,1H3,(H,22,24). The Bertz CT molecular complexity index is 652. The van der Waals surface area contributed by atoms with Crippen molar-refractivity contribution in [2.45, 2.75) is 19.8 Å². The van der Waals surface area contributed by atoms with E-state index < -0.39 is 0 Å². The molecule has 6 heteroatoms. The number of halogens is 1. The first kappa shape index (κ1) is 19.1. The molecular weight excluding hydrogens is 338 g/mol. The van der Waals surface area contributed by atoms with E-state index in [-0.39, 0.29) is 6.03 Å². The maximum Gasteiger partial charge on any atom is 0.317 e. The summed E-state index contributed by atoms with van der Waals surface area (Å²) >= 11 is 6.03. The zero-order chi connectivity index (χ0) is 17.9. The van der Waals surface area contributed by atoms with E-state index in [9.17, 15) is 4.79 Å². The third-order valence-corrected chi connectivity index (χ3v) is 4.09. The molecule has 1 N–H and O–H groups in total. The Labute approximate surface area is 154 Å². The van der Waals surface area contributed by atoms with Gasteiger partial charge in [0.25, 0.3) is 0 Å². The van der Waals surface area contributed by atoms with E-state index in [0.29, 0.717) is 37.0 Å². The molecule has 0 radical (unpaired) electrons. The summed E-state index contributed by atoms with van der Waals surface area (Å²) in [7, 11) is 0. The molecule has 1 aromatic heterocycles. The SMILES string of the molecule is CCN(CCc1ccncc1)C(=O)NCCCOc1ccccc1Cl. The lowest BCUT2D eigenvalue weighted by atomic mass is 10.2. The number of benzene rings is 1. The first-order chi connectivity index (χ1) is 12.2. The molecule has 0 aliphatic rings. The van der Waals surface area contributed by atoms with Gasteiger partial charge in [0.2, 0.25) is 0 Å². The highest BCUT2D eigenvalue weighted by Gasteiger charge is 2.10. The second-order valence-corrected chi connectivity index (χ2v) is 5.96. The number of hydrogen-bond donors (Lipinski definition) is 1. The van der Waals surface area contributed by atoms with E-state index in [2.05, 4.69) is 10.3 Å². The van der Waals surface area contributed by atoms with Crippen molar-refractivity contribution in [1.82, 2.24) is 15.2 Å². The Morgan fingerprint density at radius 2 is 2.00 bits per heavy atom. The number of aromatic nitrogens is 1. The molecule has 0 spiro atoms. The van der Waals surface area contributed by atoms with Crippen molar-refractivity contribution in [3.63, 3.8) is 0 Å². The van der Waals surface area contributed by atoms with Crippen LogP contribution >= 0.6 is 11.6 Å². The van der Waals surface area contributed by atoms with Gasteiger partial charge in [-0.05, 0) is 49.6 Å². The number of hydrogen-bond acceptors (Lipinski definition) is 3. The number of carbonyl (C=O) groups is 1. The number of pyridine rings is 1. The fraction of sp³-hybridized carbons (Fsp3) is 0.368. The number of likely N-dealkylation sites (N-methyl/N-ethyl adjacent to an activating group) is 1. The Balaban J connectivity index is 1.65. The maximum atomic E-state index is 12.2. The summed E-state index contributed by atoms with van der Waals surface area (Å²) < 4.78 is 5.61. The van der Waals surface area contributed by atoms with E-state index in [4.69, 9.17) is 16.3 Å². The second kappa shape index (κ2) is 10.6. The minimum atomic E-state index is -0.0469. The van der Waals surface area contributed by atoms with E-state index in [0.717, 1.165) is 12.8 Å². The Kier molecular flexibility index (Phi) is 8.05. The summed E-state index contributed by atoms with van der Waals surface area (Å²) in [5.74, 6) is 0.669. The van der Waals surface area contributed by atoms with E-state index in [1.807, 2.05) is 37.3 Å². The van der Waals surface area contributed by atoms with E-state index in [1.54, 1.807) is 23.4 Å². The molecule has 5 nitrogen and oxygen atoms in total. The number of ether oxygens (including phenoxy) is 1. The Hall–Kier alpha value is -2.27. The number of para-hydroxylation sites is 1. The highest BCUT2D eigenvalue weighted by molar-refractivity contribution is 6.32. The van der Waals surface area contributed by atoms with Crippen LogP contribution in [0.15, 0.2) is 48.8 Å². The first-order valence-electron chi connectivity index (χ1n) is 8.49. The van der Waals surface area contributed by atoms with Crippen LogP contribution in [-0.2, 0) is 6.42 Å². The highest BCUT2D eigenvalue weighted by Crippen LogP contribution is 2.22. The highest BCUT2D eigenvalue weighted by atomic mass is 35.5. The number of nitrogens with one attached hydrogen (secondary N) is 1. The maximum absolute atomic E-state index is 12.2. The van der Waals surface area contributed by atoms with Crippen molar-refractivity contribution in [2.75, 3.05) is 26.2 Å². The third kappa shape index (κ3) is 6.63. The summed E-state index contributed by atoms with van der Waals surface area (Å²) in [6, 6.07) is 11.3. The van der Waals surface area contributed by atoms with Gasteiger partial charge in [-0.25, -0.2) is 4.79 Å². The Morgan fingerprint density at radius 3 is 2.72 bits per heavy atom. The van der Waals surface area contributed by atoms with Crippen LogP contribution in [0.3, 0.4) is 0 Å². The smallest absolute Gasteiger partial charge is 0.317 e. The lowest BCUT2D eigenvalue weighted by molar-refractivity contribution is 0.200. The second-order valence-electron chi connectivity index (χ2n) is 5.55. The van der Waals surface area contributed by atoms with E-state index in [1.165, 1.54) is 5.56 Å². The third-order valence-electron chi connectivity index (χ3n) is 3.78. The van der Waals surface area contributed by atoms with Crippen molar-refractivity contribution >= 4 is 17.6 Å². The summed E-state index contributed by atoms with van der Waals surface area (Å²) in [6.45, 7) is 4.41. The number of amides is 2. The average molecular weight is 362 g/mol. The molecule has 2 aromatic rings. The minimum absolute atomic E-state index is 0.0469. The number of carbonyl (C=O) groups excluding carboxylic acids is 1. The van der Waals surface area contributed by atoms with Gasteiger partial charge in [-0.2, -0.15) is 0 Å². The van der Waals surface area contributed by atoms with Gasteiger partial charge in [0.15, 0.2) is 0 Å². The van der Waals surface area contributed by atoms with Gasteiger partial charge >= 0.3 is 6.03 Å². The van der Waals surface area contributed by atoms with Crippen molar-refractivity contribution in [1.29, 1.82) is 0 Å². The number of rotatable bonds is 9. The normalized spacial score (nSPS) is 10.3. The fourth-order valence-electron chi connectivity index (χ4n) is 2.34. The van der Waals surface area contributed by atoms with Gasteiger partial charge in [0, 0.05) is 32.0 Å². The lowest BCUT2D eigenvalue weighted by Crippen LogP contribution is -2.41. The predicted octanol–water partition coefficient (Wildman–Crippen LogP) is 3.78. The molecule has 0 fully saturated rings. The van der Waals surface area contributed by atoms with Crippen molar-refractivity contribution in [2.24, 2.45) is 0 Å². The molecule has 0 aliphatic carbocycles. The molecule has 2 amide bonds. The summed E-state index contributed by atoms with van der Waals surface area (Å²) in [6.07, 6.45) is 5.08. The molecule has 0 atom stereocenters. The first-order valence-corrected chi connectivity index (χ1v) is 8.87. The van der Waals surface area contributed by atoms with Crippen LogP contribution < -0.4 is 10.1 Å². The molecule has 0 unspecified atom stereocenters. The fourth-order valence-corrected chi connectivity index (χ4v) is 2.53. The molecule has 134 valence electrons. The van der Waals surface area contributed by atoms with Crippen LogP contribution in [-0.4, -0.2) is 42.2 Å². The molecule has 0 saturated carbocycles. The number of urea groups is 1. The van der Waals surface area contributed by atoms with Gasteiger partial charge < -0.3 is 15.0 Å². The topological polar surface area (TPSA) is 54.5 Å². The summed E-state index contributed by atoms with van der Waals surface area (Å²) in [5.41, 5.74) is 1.18. The average Bonchev–Trinajstić information content (AvgIpc) is 2.64. The van der Waals surface area contributed by atoms with E-state index >= 15 is 0 Å². The molecule has 1 heterocycles. The lowest BCUT2D eigenvalue weighted by Gasteiger charge is -2.21. The summed E-state index contributed by atoms with van der Waals surface area (Å²) in [4.78, 5) is 18.0. The van der Waals surface area contributed by atoms with Crippen LogP contribution in [0.25, 0.3) is 0 Å². The van der Waals surface area contributed by atoms with Gasteiger partial charge in [-0.1, -0.05) is 23.7 Å². The monoisotopic (exact) mass is 361 g/mol. The molecule has 0 saturated heterocycles. The van der Waals surface area contributed by atoms with Crippen LogP contribution in [0.4, 0.5) is 4.79 Å². The molecule has 1 aromatic carbocycles. The quantitative estimate of drug-likeness (QED) is 0.691. The zero-order valence-corrected chi connectivity index (χ0v) is 15.2. The van der Waals surface area contributed by atoms with Crippen molar-refractivity contribution < 1.29 is 9.53 Å². The molecule has 0 aliphatic heterocycles. The van der Waals surface area contributed by atoms with Gasteiger partial charge in [0.1, 0.15) is 5.75 Å². The summed E-state index contributed by atoms with van der Waals surface area (Å²) in [5, 5.41) is 3.53. The Morgan fingerprint density at radius 1 is 1.24 bits per heavy atom. The van der Waals surface area contributed by atoms with Crippen molar-refractivity contribution in [3.8, 4) is 5.75 Å². The van der Waals surface area contributed by atoms with Gasteiger partial charge in [-0.3, -0.25) is 4.98 Å². The zero-order valence-electron chi connectivity index (χ0n) is 14.5.